The van der Waals surface area contributed by atoms with E-state index in [9.17, 15) is 4.79 Å². The van der Waals surface area contributed by atoms with Gasteiger partial charge in [-0.05, 0) is 6.42 Å². The van der Waals surface area contributed by atoms with Gasteiger partial charge < -0.3 is 20.2 Å². The second-order valence-electron chi connectivity index (χ2n) is 6.44. The molecule has 0 rings (SSSR count). The molecule has 0 radical (unpaired) electrons. The topological polar surface area (TPSA) is 98.0 Å². The Morgan fingerprint density at radius 3 is 1.12 bits per heavy atom. The van der Waals surface area contributed by atoms with Crippen molar-refractivity contribution in [2.24, 2.45) is 0 Å². The first kappa shape index (κ1) is 30.0. The molecular weight excluding hydrogens is 516 g/mol. The molecule has 0 aromatic heterocycles. The normalized spacial score (nSPS) is 9.76. The second kappa shape index (κ2) is 26.5. The van der Waals surface area contributed by atoms with E-state index < -0.39 is 13.3 Å². The zero-order chi connectivity index (χ0) is 18.5. The van der Waals surface area contributed by atoms with Gasteiger partial charge in [-0.3, -0.25) is 4.79 Å². The average Bonchev–Trinajstić information content (AvgIpc) is 2.50. The van der Waals surface area contributed by atoms with Crippen molar-refractivity contribution >= 4 is 39.5 Å². The van der Waals surface area contributed by atoms with Crippen LogP contribution in [0.1, 0.15) is 110 Å². The van der Waals surface area contributed by atoms with Crippen LogP contribution < -0.4 is 0 Å². The van der Waals surface area contributed by atoms with Crippen molar-refractivity contribution in [3.05, 3.63) is 0 Å². The van der Waals surface area contributed by atoms with E-state index in [2.05, 4.69) is 6.92 Å². The fraction of sp³-hybridized carbons (Fsp3) is 0.944. The first-order chi connectivity index (χ1) is 11.5. The molecule has 152 valence electrons. The fourth-order valence-corrected chi connectivity index (χ4v) is 2.65. The number of carboxylic acids is 1. The molecule has 0 saturated heterocycles. The third-order valence-corrected chi connectivity index (χ3v) is 3.99. The van der Waals surface area contributed by atoms with E-state index in [1.165, 1.54) is 83.5 Å². The second-order valence-corrected chi connectivity index (χ2v) is 6.44. The molecule has 0 aromatic rings. The molecule has 7 heteroatoms. The van der Waals surface area contributed by atoms with Crippen LogP contribution in [0.4, 0.5) is 0 Å². The van der Waals surface area contributed by atoms with Crippen LogP contribution in [0.15, 0.2) is 0 Å². The van der Waals surface area contributed by atoms with Crippen LogP contribution in [-0.4, -0.2) is 59.7 Å². The predicted molar refractivity (Wildman–Crippen MR) is 110 cm³/mol. The van der Waals surface area contributed by atoms with Crippen molar-refractivity contribution in [3.63, 3.8) is 0 Å². The van der Waals surface area contributed by atoms with Gasteiger partial charge in [0.2, 0.25) is 0 Å². The first-order valence-electron chi connectivity index (χ1n) is 9.76. The van der Waals surface area contributed by atoms with Crippen molar-refractivity contribution < 1.29 is 25.0 Å². The minimum atomic E-state index is -2.17. The summed E-state index contributed by atoms with van der Waals surface area (Å²) in [6.45, 7) is 2.27. The summed E-state index contributed by atoms with van der Waals surface area (Å²) in [7, 11) is -2.17. The van der Waals surface area contributed by atoms with Gasteiger partial charge in [-0.25, -0.2) is 0 Å². The van der Waals surface area contributed by atoms with Crippen molar-refractivity contribution in [1.82, 2.24) is 0 Å². The third-order valence-electron chi connectivity index (χ3n) is 3.99. The monoisotopic (exact) mass is 558 g/mol. The van der Waals surface area contributed by atoms with Crippen LogP contribution in [0.2, 0.25) is 0 Å². The Bertz CT molecular complexity index is 253. The molecule has 0 saturated carbocycles. The number of carbonyl (C=O) groups is 1. The summed E-state index contributed by atoms with van der Waals surface area (Å²) in [6, 6.07) is 0. The number of hydrogen-bond donors (Lipinski definition) is 4. The number of rotatable bonds is 16. The van der Waals surface area contributed by atoms with Crippen molar-refractivity contribution in [2.45, 2.75) is 110 Å². The molecular formula is C18H42BBiO5. The molecule has 0 heterocycles. The minimum absolute atomic E-state index is 0. The molecule has 0 aliphatic heterocycles. The van der Waals surface area contributed by atoms with Gasteiger partial charge >= 0.3 is 39.5 Å². The summed E-state index contributed by atoms with van der Waals surface area (Å²) in [4.78, 5) is 10.3. The molecule has 25 heavy (non-hydrogen) atoms. The SMILES string of the molecule is CCCCCCCCCCCCCCCCCC(=O)O.OB(O)O.[BiH3]. The molecule has 0 spiro atoms. The van der Waals surface area contributed by atoms with Crippen LogP contribution in [0.25, 0.3) is 0 Å². The number of hydrogen-bond acceptors (Lipinski definition) is 4. The molecule has 0 fully saturated rings. The van der Waals surface area contributed by atoms with Gasteiger partial charge in [-0.1, -0.05) is 96.8 Å². The van der Waals surface area contributed by atoms with Gasteiger partial charge in [0.15, 0.2) is 0 Å². The Morgan fingerprint density at radius 2 is 0.880 bits per heavy atom. The first-order valence-corrected chi connectivity index (χ1v) is 9.76. The van der Waals surface area contributed by atoms with E-state index in [0.717, 1.165) is 12.8 Å². The third kappa shape index (κ3) is 40.4. The van der Waals surface area contributed by atoms with Crippen LogP contribution in [-0.2, 0) is 4.79 Å². The van der Waals surface area contributed by atoms with Crippen LogP contribution in [0.3, 0.4) is 0 Å². The fourth-order valence-electron chi connectivity index (χ4n) is 2.65. The summed E-state index contributed by atoms with van der Waals surface area (Å²) >= 11 is 0. The Balaban J connectivity index is -0.000000867. The summed E-state index contributed by atoms with van der Waals surface area (Å²) in [5, 5.41) is 30.0. The Hall–Kier alpha value is 0.298. The molecule has 0 atom stereocenters. The van der Waals surface area contributed by atoms with Gasteiger partial charge in [0.1, 0.15) is 0 Å². The van der Waals surface area contributed by atoms with Gasteiger partial charge in [-0.15, -0.1) is 0 Å². The molecule has 0 aliphatic carbocycles. The summed E-state index contributed by atoms with van der Waals surface area (Å²) in [6.07, 6.45) is 20.2. The predicted octanol–water partition coefficient (Wildman–Crippen LogP) is 3.10. The maximum absolute atomic E-state index is 10.3. The van der Waals surface area contributed by atoms with E-state index in [-0.39, 0.29) is 26.2 Å². The van der Waals surface area contributed by atoms with E-state index in [4.69, 9.17) is 20.2 Å². The summed E-state index contributed by atoms with van der Waals surface area (Å²) < 4.78 is 0. The van der Waals surface area contributed by atoms with Crippen LogP contribution in [0.5, 0.6) is 0 Å². The Kier molecular flexibility index (Phi) is 31.9. The van der Waals surface area contributed by atoms with Crippen LogP contribution in [0, 0.1) is 0 Å². The van der Waals surface area contributed by atoms with Crippen LogP contribution >= 0.6 is 0 Å². The molecule has 0 bridgehead atoms. The van der Waals surface area contributed by atoms with E-state index in [0.29, 0.717) is 6.42 Å². The standard InChI is InChI=1S/C18H36O2.BH3O3.Bi.3H/c1-2-3-4-5-6-7-8-9-10-11-12-13-14-15-16-17-18(19)20;2-1(3)4;;;;/h2-17H2,1H3,(H,19,20);2-4H;;;;. The van der Waals surface area contributed by atoms with E-state index >= 15 is 0 Å². The zero-order valence-electron chi connectivity index (χ0n) is 16.3. The Morgan fingerprint density at radius 1 is 0.640 bits per heavy atom. The van der Waals surface area contributed by atoms with Crippen molar-refractivity contribution in [3.8, 4) is 0 Å². The average molecular weight is 558 g/mol. The quantitative estimate of drug-likeness (QED) is 0.173. The zero-order valence-corrected chi connectivity index (χ0v) is 21.8. The molecule has 4 N–H and O–H groups in total. The van der Waals surface area contributed by atoms with Crippen molar-refractivity contribution in [1.29, 1.82) is 0 Å². The van der Waals surface area contributed by atoms with Gasteiger partial charge in [0.05, 0.1) is 0 Å². The number of carboxylic acid groups (broad SMARTS) is 1. The number of unbranched alkanes of at least 4 members (excludes halogenated alkanes) is 14. The molecule has 0 amide bonds. The van der Waals surface area contributed by atoms with E-state index in [1.54, 1.807) is 0 Å². The summed E-state index contributed by atoms with van der Waals surface area (Å²) in [5.74, 6) is -0.653. The molecule has 0 aromatic carbocycles. The maximum atomic E-state index is 10.3. The van der Waals surface area contributed by atoms with E-state index in [1.807, 2.05) is 0 Å². The molecule has 0 aliphatic rings. The Labute approximate surface area is 173 Å². The van der Waals surface area contributed by atoms with Gasteiger partial charge in [0, 0.05) is 6.42 Å². The van der Waals surface area contributed by atoms with Gasteiger partial charge in [-0.2, -0.15) is 0 Å². The van der Waals surface area contributed by atoms with Gasteiger partial charge in [0.25, 0.3) is 0 Å². The molecule has 0 unspecified atom stereocenters. The molecule has 5 nitrogen and oxygen atoms in total. The van der Waals surface area contributed by atoms with Crippen molar-refractivity contribution in [2.75, 3.05) is 0 Å². The number of aliphatic carboxylic acids is 1. The summed E-state index contributed by atoms with van der Waals surface area (Å²) in [5.41, 5.74) is 0.